The second-order valence-corrected chi connectivity index (χ2v) is 7.61. The van der Waals surface area contributed by atoms with Crippen LogP contribution in [-0.2, 0) is 11.8 Å². The van der Waals surface area contributed by atoms with Gasteiger partial charge in [0.15, 0.2) is 0 Å². The molecular formula is C19H25N5O3. The van der Waals surface area contributed by atoms with Crippen molar-refractivity contribution in [2.45, 2.75) is 31.8 Å². The van der Waals surface area contributed by atoms with Crippen LogP contribution >= 0.6 is 0 Å². The lowest BCUT2D eigenvalue weighted by Gasteiger charge is -2.53. The molecule has 0 radical (unpaired) electrons. The number of hydrogen-bond donors (Lipinski definition) is 0. The molecule has 27 heavy (non-hydrogen) atoms. The van der Waals surface area contributed by atoms with Crippen LogP contribution in [0.1, 0.15) is 35.4 Å². The first-order chi connectivity index (χ1) is 13.0. The van der Waals surface area contributed by atoms with E-state index in [4.69, 9.17) is 9.47 Å². The van der Waals surface area contributed by atoms with Gasteiger partial charge in [0.2, 0.25) is 5.88 Å². The number of carbonyl (C=O) groups excluding carboxylic acids is 1. The summed E-state index contributed by atoms with van der Waals surface area (Å²) < 4.78 is 13.6. The largest absolute Gasteiger partial charge is 0.477 e. The van der Waals surface area contributed by atoms with Crippen LogP contribution in [0.25, 0.3) is 0 Å². The molecule has 2 saturated heterocycles. The summed E-state index contributed by atoms with van der Waals surface area (Å²) >= 11 is 0. The van der Waals surface area contributed by atoms with Crippen LogP contribution in [0.3, 0.4) is 0 Å². The minimum absolute atomic E-state index is 0.0201. The Labute approximate surface area is 158 Å². The number of ether oxygens (including phenoxy) is 2. The molecule has 2 aliphatic heterocycles. The van der Waals surface area contributed by atoms with Gasteiger partial charge in [0.25, 0.3) is 5.91 Å². The molecule has 0 N–H and O–H groups in total. The van der Waals surface area contributed by atoms with Crippen LogP contribution in [0, 0.1) is 12.8 Å². The van der Waals surface area contributed by atoms with Gasteiger partial charge in [-0.05, 0) is 32.1 Å². The lowest BCUT2D eigenvalue weighted by atomic mass is 9.79. The van der Waals surface area contributed by atoms with Crippen LogP contribution in [0.5, 0.6) is 5.88 Å². The zero-order chi connectivity index (χ0) is 18.9. The predicted octanol–water partition coefficient (Wildman–Crippen LogP) is 1.61. The first kappa shape index (κ1) is 17.9. The molecule has 2 aromatic rings. The van der Waals surface area contributed by atoms with E-state index in [0.717, 1.165) is 31.6 Å². The average Bonchev–Trinajstić information content (AvgIpc) is 3.06. The summed E-state index contributed by atoms with van der Waals surface area (Å²) in [5.41, 5.74) is 1.15. The van der Waals surface area contributed by atoms with Crippen LogP contribution < -0.4 is 4.74 Å². The van der Waals surface area contributed by atoms with Crippen molar-refractivity contribution < 1.29 is 14.3 Å². The van der Waals surface area contributed by atoms with E-state index in [0.29, 0.717) is 37.2 Å². The third kappa shape index (κ3) is 3.95. The molecule has 0 aliphatic carbocycles. The highest BCUT2D eigenvalue weighted by atomic mass is 16.5. The maximum absolute atomic E-state index is 12.5. The SMILES string of the molecule is Cc1cncc(OCCC2CCOC3(C2)CN(C(=O)c2cn(C)cn2)C3)n1. The topological polar surface area (TPSA) is 82.4 Å². The van der Waals surface area contributed by atoms with E-state index in [1.54, 1.807) is 29.5 Å². The van der Waals surface area contributed by atoms with E-state index in [-0.39, 0.29) is 11.5 Å². The Hall–Kier alpha value is -2.48. The Kier molecular flexibility index (Phi) is 4.82. The van der Waals surface area contributed by atoms with E-state index < -0.39 is 0 Å². The second-order valence-electron chi connectivity index (χ2n) is 7.61. The summed E-state index contributed by atoms with van der Waals surface area (Å²) in [5, 5.41) is 0. The fourth-order valence-corrected chi connectivity index (χ4v) is 3.91. The summed E-state index contributed by atoms with van der Waals surface area (Å²) in [6.07, 6.45) is 9.70. The Bertz CT molecular complexity index is 815. The molecule has 2 aromatic heterocycles. The van der Waals surface area contributed by atoms with E-state index in [2.05, 4.69) is 15.0 Å². The molecular weight excluding hydrogens is 346 g/mol. The lowest BCUT2D eigenvalue weighted by molar-refractivity contribution is -0.166. The Morgan fingerprint density at radius 2 is 2.26 bits per heavy atom. The van der Waals surface area contributed by atoms with Gasteiger partial charge < -0.3 is 18.9 Å². The molecule has 144 valence electrons. The van der Waals surface area contributed by atoms with Gasteiger partial charge in [-0.15, -0.1) is 0 Å². The van der Waals surface area contributed by atoms with E-state index >= 15 is 0 Å². The van der Waals surface area contributed by atoms with Crippen molar-refractivity contribution in [1.82, 2.24) is 24.4 Å². The second kappa shape index (κ2) is 7.26. The molecule has 1 atom stereocenters. The van der Waals surface area contributed by atoms with Crippen molar-refractivity contribution in [2.75, 3.05) is 26.3 Å². The molecule has 1 spiro atoms. The molecule has 2 aliphatic rings. The van der Waals surface area contributed by atoms with Crippen LogP contribution in [0.15, 0.2) is 24.9 Å². The lowest BCUT2D eigenvalue weighted by Crippen LogP contribution is -2.66. The van der Waals surface area contributed by atoms with Gasteiger partial charge in [-0.2, -0.15) is 0 Å². The molecule has 0 bridgehead atoms. The highest BCUT2D eigenvalue weighted by Gasteiger charge is 2.49. The van der Waals surface area contributed by atoms with Crippen molar-refractivity contribution in [3.05, 3.63) is 36.3 Å². The number of imidazole rings is 1. The van der Waals surface area contributed by atoms with Gasteiger partial charge in [0, 0.05) is 26.0 Å². The van der Waals surface area contributed by atoms with Crippen molar-refractivity contribution in [3.8, 4) is 5.88 Å². The Morgan fingerprint density at radius 3 is 3.00 bits per heavy atom. The van der Waals surface area contributed by atoms with Gasteiger partial charge in [-0.3, -0.25) is 9.78 Å². The quantitative estimate of drug-likeness (QED) is 0.794. The first-order valence-corrected chi connectivity index (χ1v) is 9.36. The molecule has 1 unspecified atom stereocenters. The van der Waals surface area contributed by atoms with E-state index in [1.165, 1.54) is 0 Å². The third-order valence-electron chi connectivity index (χ3n) is 5.27. The number of hydrogen-bond acceptors (Lipinski definition) is 6. The predicted molar refractivity (Wildman–Crippen MR) is 97.4 cm³/mol. The molecule has 8 heteroatoms. The summed E-state index contributed by atoms with van der Waals surface area (Å²) in [7, 11) is 1.86. The number of carbonyl (C=O) groups is 1. The number of amides is 1. The third-order valence-corrected chi connectivity index (χ3v) is 5.27. The smallest absolute Gasteiger partial charge is 0.274 e. The Morgan fingerprint density at radius 1 is 1.41 bits per heavy atom. The van der Waals surface area contributed by atoms with Crippen molar-refractivity contribution >= 4 is 5.91 Å². The molecule has 8 nitrogen and oxygen atoms in total. The zero-order valence-corrected chi connectivity index (χ0v) is 15.8. The maximum atomic E-state index is 12.5. The Balaban J connectivity index is 1.26. The van der Waals surface area contributed by atoms with Gasteiger partial charge in [0.1, 0.15) is 11.3 Å². The molecule has 4 heterocycles. The van der Waals surface area contributed by atoms with Gasteiger partial charge in [-0.1, -0.05) is 0 Å². The minimum atomic E-state index is -0.198. The average molecular weight is 371 g/mol. The minimum Gasteiger partial charge on any atom is -0.477 e. The number of nitrogens with zero attached hydrogens (tertiary/aromatic N) is 5. The fraction of sp³-hybridized carbons (Fsp3) is 0.579. The fourth-order valence-electron chi connectivity index (χ4n) is 3.91. The molecule has 1 amide bonds. The monoisotopic (exact) mass is 371 g/mol. The van der Waals surface area contributed by atoms with Crippen molar-refractivity contribution in [2.24, 2.45) is 13.0 Å². The van der Waals surface area contributed by atoms with Crippen LogP contribution in [-0.4, -0.2) is 62.2 Å². The summed E-state index contributed by atoms with van der Waals surface area (Å²) in [4.78, 5) is 26.8. The first-order valence-electron chi connectivity index (χ1n) is 9.36. The molecule has 4 rings (SSSR count). The number of rotatable bonds is 5. The summed E-state index contributed by atoms with van der Waals surface area (Å²) in [6.45, 7) is 4.54. The van der Waals surface area contributed by atoms with Crippen molar-refractivity contribution in [3.63, 3.8) is 0 Å². The molecule has 0 aromatic carbocycles. The van der Waals surface area contributed by atoms with Gasteiger partial charge >= 0.3 is 0 Å². The highest BCUT2D eigenvalue weighted by molar-refractivity contribution is 5.92. The van der Waals surface area contributed by atoms with E-state index in [1.807, 2.05) is 18.9 Å². The standard InChI is InChI=1S/C19H25N5O3/c1-14-8-20-9-17(22-14)26-5-3-15-4-6-27-19(7-15)11-24(12-19)18(25)16-10-23(2)13-21-16/h8-10,13,15H,3-7,11-12H2,1-2H3. The highest BCUT2D eigenvalue weighted by Crippen LogP contribution is 2.38. The van der Waals surface area contributed by atoms with Gasteiger partial charge in [-0.25, -0.2) is 9.97 Å². The molecule has 2 fully saturated rings. The zero-order valence-electron chi connectivity index (χ0n) is 15.8. The van der Waals surface area contributed by atoms with Gasteiger partial charge in [0.05, 0.1) is 37.9 Å². The van der Waals surface area contributed by atoms with Crippen molar-refractivity contribution in [1.29, 1.82) is 0 Å². The van der Waals surface area contributed by atoms with Crippen LogP contribution in [0.4, 0.5) is 0 Å². The summed E-state index contributed by atoms with van der Waals surface area (Å²) in [5.74, 6) is 1.09. The summed E-state index contributed by atoms with van der Waals surface area (Å²) in [6, 6.07) is 0. The maximum Gasteiger partial charge on any atom is 0.274 e. The number of aromatic nitrogens is 4. The normalized spacial score (nSPS) is 21.1. The van der Waals surface area contributed by atoms with E-state index in [9.17, 15) is 4.79 Å². The molecule has 0 saturated carbocycles. The van der Waals surface area contributed by atoms with Crippen LogP contribution in [0.2, 0.25) is 0 Å². The number of likely N-dealkylation sites (tertiary alicyclic amines) is 1. The number of aryl methyl sites for hydroxylation is 2.